The third-order valence-electron chi connectivity index (χ3n) is 4.00. The Labute approximate surface area is 143 Å². The second kappa shape index (κ2) is 6.96. The highest BCUT2D eigenvalue weighted by Crippen LogP contribution is 2.25. The Morgan fingerprint density at radius 1 is 1.13 bits per heavy atom. The summed E-state index contributed by atoms with van der Waals surface area (Å²) in [6, 6.07) is 17.2. The molecule has 1 aliphatic rings. The van der Waals surface area contributed by atoms with Crippen LogP contribution in [0.1, 0.15) is 12.0 Å². The predicted octanol–water partition coefficient (Wildman–Crippen LogP) is 3.12. The molecule has 0 aliphatic carbocycles. The minimum absolute atomic E-state index is 0.124. The van der Waals surface area contributed by atoms with Gasteiger partial charge in [-0.15, -0.1) is 0 Å². The Morgan fingerprint density at radius 3 is 2.57 bits per heavy atom. The monoisotopic (exact) mass is 372 g/mol. The number of nitrogens with zero attached hydrogens (tertiary/aromatic N) is 1. The third-order valence-corrected chi connectivity index (χ3v) is 4.77. The molecular weight excluding hydrogens is 356 g/mol. The second-order valence-electron chi connectivity index (χ2n) is 5.48. The highest BCUT2D eigenvalue weighted by Gasteiger charge is 2.37. The fraction of sp³-hybridized carbons (Fsp3) is 0.222. The van der Waals surface area contributed by atoms with Gasteiger partial charge < -0.3 is 10.2 Å². The van der Waals surface area contributed by atoms with Crippen molar-refractivity contribution in [3.8, 4) is 0 Å². The number of carbonyl (C=O) groups is 2. The fourth-order valence-corrected chi connectivity index (χ4v) is 3.16. The fourth-order valence-electron chi connectivity index (χ4n) is 2.73. The summed E-state index contributed by atoms with van der Waals surface area (Å²) >= 11 is 3.46. The first-order chi connectivity index (χ1) is 11.2. The molecule has 0 bridgehead atoms. The first-order valence-corrected chi connectivity index (χ1v) is 8.33. The average molecular weight is 373 g/mol. The van der Waals surface area contributed by atoms with E-state index < -0.39 is 5.92 Å². The van der Waals surface area contributed by atoms with Crippen molar-refractivity contribution in [3.05, 3.63) is 64.6 Å². The van der Waals surface area contributed by atoms with Crippen LogP contribution in [-0.4, -0.2) is 18.4 Å². The van der Waals surface area contributed by atoms with Gasteiger partial charge >= 0.3 is 0 Å². The van der Waals surface area contributed by atoms with E-state index in [1.807, 2.05) is 54.6 Å². The summed E-state index contributed by atoms with van der Waals surface area (Å²) in [7, 11) is 0. The second-order valence-corrected chi connectivity index (χ2v) is 6.33. The number of rotatable bonds is 4. The van der Waals surface area contributed by atoms with E-state index >= 15 is 0 Å². The van der Waals surface area contributed by atoms with Crippen LogP contribution in [0.4, 0.5) is 5.69 Å². The van der Waals surface area contributed by atoms with Crippen molar-refractivity contribution in [2.24, 2.45) is 5.92 Å². The number of hydrogen-bond donors (Lipinski definition) is 1. The van der Waals surface area contributed by atoms with E-state index in [1.54, 1.807) is 4.90 Å². The highest BCUT2D eigenvalue weighted by atomic mass is 79.9. The molecule has 1 saturated heterocycles. The summed E-state index contributed by atoms with van der Waals surface area (Å²) in [5.41, 5.74) is 1.84. The van der Waals surface area contributed by atoms with Gasteiger partial charge in [-0.1, -0.05) is 52.3 Å². The molecule has 1 fully saturated rings. The number of anilines is 1. The molecule has 0 spiro atoms. The van der Waals surface area contributed by atoms with Crippen molar-refractivity contribution in [3.63, 3.8) is 0 Å². The number of benzene rings is 2. The highest BCUT2D eigenvalue weighted by molar-refractivity contribution is 9.10. The van der Waals surface area contributed by atoms with E-state index in [4.69, 9.17) is 0 Å². The summed E-state index contributed by atoms with van der Waals surface area (Å²) in [5, 5.41) is 2.87. The van der Waals surface area contributed by atoms with Crippen molar-refractivity contribution < 1.29 is 9.59 Å². The smallest absolute Gasteiger partial charge is 0.239 e. The number of hydrogen-bond acceptors (Lipinski definition) is 2. The van der Waals surface area contributed by atoms with E-state index in [1.165, 1.54) is 0 Å². The van der Waals surface area contributed by atoms with E-state index in [0.717, 1.165) is 15.7 Å². The standard InChI is InChI=1S/C18H17BrN2O2/c19-16-9-5-4-6-13(16)12-20-17(22)15-10-11-21(18(15)23)14-7-2-1-3-8-14/h1-9,15H,10-12H2,(H,20,22)/t15-/m0/s1. The molecule has 2 aromatic carbocycles. The lowest BCUT2D eigenvalue weighted by Crippen LogP contribution is -2.36. The van der Waals surface area contributed by atoms with Gasteiger partial charge in [0, 0.05) is 23.2 Å². The van der Waals surface area contributed by atoms with Gasteiger partial charge in [-0.2, -0.15) is 0 Å². The van der Waals surface area contributed by atoms with Crippen LogP contribution in [0.25, 0.3) is 0 Å². The molecule has 1 atom stereocenters. The van der Waals surface area contributed by atoms with Crippen molar-refractivity contribution in [1.29, 1.82) is 0 Å². The molecular formula is C18H17BrN2O2. The van der Waals surface area contributed by atoms with Gasteiger partial charge in [0.1, 0.15) is 5.92 Å². The topological polar surface area (TPSA) is 49.4 Å². The lowest BCUT2D eigenvalue weighted by molar-refractivity contribution is -0.132. The molecule has 2 aromatic rings. The van der Waals surface area contributed by atoms with E-state index in [0.29, 0.717) is 19.5 Å². The summed E-state index contributed by atoms with van der Waals surface area (Å²) in [5.74, 6) is -0.928. The van der Waals surface area contributed by atoms with E-state index in [2.05, 4.69) is 21.2 Å². The SMILES string of the molecule is O=C(NCc1ccccc1Br)[C@@H]1CCN(c2ccccc2)C1=O. The van der Waals surface area contributed by atoms with Gasteiger partial charge in [0.05, 0.1) is 0 Å². The van der Waals surface area contributed by atoms with Crippen LogP contribution in [0.15, 0.2) is 59.1 Å². The third kappa shape index (κ3) is 3.45. The molecule has 5 heteroatoms. The van der Waals surface area contributed by atoms with Crippen LogP contribution >= 0.6 is 15.9 Å². The summed E-state index contributed by atoms with van der Waals surface area (Å²) in [4.78, 5) is 26.5. The minimum atomic E-state index is -0.599. The molecule has 4 nitrogen and oxygen atoms in total. The van der Waals surface area contributed by atoms with E-state index in [-0.39, 0.29) is 11.8 Å². The minimum Gasteiger partial charge on any atom is -0.351 e. The Balaban J connectivity index is 1.63. The Bertz CT molecular complexity index is 718. The molecule has 0 saturated carbocycles. The normalized spacial score (nSPS) is 17.3. The molecule has 1 N–H and O–H groups in total. The van der Waals surface area contributed by atoms with Crippen molar-refractivity contribution in [2.45, 2.75) is 13.0 Å². The predicted molar refractivity (Wildman–Crippen MR) is 92.9 cm³/mol. The Kier molecular flexibility index (Phi) is 4.76. The first kappa shape index (κ1) is 15.7. The van der Waals surface area contributed by atoms with Gasteiger partial charge in [0.2, 0.25) is 11.8 Å². The molecule has 23 heavy (non-hydrogen) atoms. The maximum Gasteiger partial charge on any atom is 0.239 e. The maximum atomic E-state index is 12.5. The summed E-state index contributed by atoms with van der Waals surface area (Å²) in [6.45, 7) is 0.991. The molecule has 0 aromatic heterocycles. The number of carbonyl (C=O) groups excluding carboxylic acids is 2. The van der Waals surface area contributed by atoms with Gasteiger partial charge in [-0.3, -0.25) is 9.59 Å². The first-order valence-electron chi connectivity index (χ1n) is 7.54. The number of amides is 2. The van der Waals surface area contributed by atoms with Crippen LogP contribution in [0.3, 0.4) is 0 Å². The quantitative estimate of drug-likeness (QED) is 0.838. The average Bonchev–Trinajstić information content (AvgIpc) is 2.96. The Hall–Kier alpha value is -2.14. The molecule has 118 valence electrons. The van der Waals surface area contributed by atoms with Gasteiger partial charge in [0.15, 0.2) is 0 Å². The van der Waals surface area contributed by atoms with Crippen molar-refractivity contribution >= 4 is 33.4 Å². The molecule has 3 rings (SSSR count). The lowest BCUT2D eigenvalue weighted by atomic mass is 10.1. The zero-order valence-corrected chi connectivity index (χ0v) is 14.1. The summed E-state index contributed by atoms with van der Waals surface area (Å²) < 4.78 is 0.948. The van der Waals surface area contributed by atoms with Crippen molar-refractivity contribution in [1.82, 2.24) is 5.32 Å². The van der Waals surface area contributed by atoms with Crippen LogP contribution in [0, 0.1) is 5.92 Å². The zero-order chi connectivity index (χ0) is 16.2. The zero-order valence-electron chi connectivity index (χ0n) is 12.5. The van der Waals surface area contributed by atoms with Crippen LogP contribution in [-0.2, 0) is 16.1 Å². The molecule has 1 aliphatic heterocycles. The largest absolute Gasteiger partial charge is 0.351 e. The van der Waals surface area contributed by atoms with Crippen LogP contribution < -0.4 is 10.2 Å². The molecule has 0 unspecified atom stereocenters. The summed E-state index contributed by atoms with van der Waals surface area (Å²) in [6.07, 6.45) is 0.551. The molecule has 2 amide bonds. The number of para-hydroxylation sites is 1. The number of nitrogens with one attached hydrogen (secondary N) is 1. The van der Waals surface area contributed by atoms with Crippen LogP contribution in [0.5, 0.6) is 0 Å². The van der Waals surface area contributed by atoms with Crippen LogP contribution in [0.2, 0.25) is 0 Å². The van der Waals surface area contributed by atoms with Crippen molar-refractivity contribution in [2.75, 3.05) is 11.4 Å². The van der Waals surface area contributed by atoms with Gasteiger partial charge in [0.25, 0.3) is 0 Å². The number of halogens is 1. The molecule has 0 radical (unpaired) electrons. The van der Waals surface area contributed by atoms with Gasteiger partial charge in [-0.05, 0) is 30.2 Å². The lowest BCUT2D eigenvalue weighted by Gasteiger charge is -2.16. The molecule has 1 heterocycles. The van der Waals surface area contributed by atoms with Gasteiger partial charge in [-0.25, -0.2) is 0 Å². The Morgan fingerprint density at radius 2 is 1.83 bits per heavy atom. The van der Waals surface area contributed by atoms with E-state index in [9.17, 15) is 9.59 Å². The maximum absolute atomic E-state index is 12.5.